The molecular weight excluding hydrogens is 552 g/mol. The molecule has 3 aliphatic carbocycles. The Bertz CT molecular complexity index is 1670. The van der Waals surface area contributed by atoms with Crippen LogP contribution in [0, 0.1) is 11.8 Å². The molecule has 4 aliphatic rings. The number of likely N-dealkylation sites (N-methyl/N-ethyl adjacent to an activating group) is 1. The maximum Gasteiger partial charge on any atom is 0.255 e. The Labute approximate surface area is 248 Å². The molecule has 11 heteroatoms. The zero-order chi connectivity index (χ0) is 31.0. The third-order valence-electron chi connectivity index (χ3n) is 9.38. The van der Waals surface area contributed by atoms with Gasteiger partial charge in [-0.1, -0.05) is 18.2 Å². The Morgan fingerprint density at radius 1 is 1.09 bits per heavy atom. The first-order valence-electron chi connectivity index (χ1n) is 14.2. The first-order chi connectivity index (χ1) is 20.4. The maximum atomic E-state index is 14.0. The molecule has 0 unspecified atom stereocenters. The summed E-state index contributed by atoms with van der Waals surface area (Å²) in [6.07, 6.45) is 2.24. The van der Waals surface area contributed by atoms with E-state index in [1.807, 2.05) is 31.3 Å². The Kier molecular flexibility index (Phi) is 6.70. The fourth-order valence-corrected chi connectivity index (χ4v) is 7.32. The lowest BCUT2D eigenvalue weighted by Crippen LogP contribution is -2.63. The summed E-state index contributed by atoms with van der Waals surface area (Å²) in [6, 6.07) is 9.72. The SMILES string of the molecule is CN1CCCC1=Nc1ccc(-c2ccc(O)c3c2C[C@H]2C[C@@H]4[C@@H](N(C)C)C(O)=C(C(N)=O)C(=O)[C@@]4(O)C(O)=C2C3=O)cc1. The van der Waals surface area contributed by atoms with E-state index in [-0.39, 0.29) is 29.7 Å². The number of aliphatic imine (C=N–C) groups is 1. The van der Waals surface area contributed by atoms with E-state index < -0.39 is 58.0 Å². The molecule has 1 aliphatic heterocycles. The number of carbonyl (C=O) groups is 3. The van der Waals surface area contributed by atoms with E-state index in [1.54, 1.807) is 20.2 Å². The number of amidine groups is 1. The van der Waals surface area contributed by atoms with Crippen LogP contribution < -0.4 is 5.73 Å². The number of aromatic hydroxyl groups is 1. The van der Waals surface area contributed by atoms with E-state index in [9.17, 15) is 34.8 Å². The minimum absolute atomic E-state index is 0.0183. The van der Waals surface area contributed by atoms with Crippen molar-refractivity contribution in [3.05, 3.63) is 70.2 Å². The highest BCUT2D eigenvalue weighted by molar-refractivity contribution is 6.25. The van der Waals surface area contributed by atoms with Crippen LogP contribution in [0.1, 0.15) is 35.2 Å². The minimum Gasteiger partial charge on any atom is -0.510 e. The molecule has 11 nitrogen and oxygen atoms in total. The van der Waals surface area contributed by atoms with Gasteiger partial charge in [-0.25, -0.2) is 4.99 Å². The molecule has 224 valence electrons. The number of likely N-dealkylation sites (tertiary alicyclic amines) is 1. The number of benzene rings is 2. The number of ketones is 2. The average molecular weight is 587 g/mol. The van der Waals surface area contributed by atoms with Crippen LogP contribution >= 0.6 is 0 Å². The van der Waals surface area contributed by atoms with Crippen LogP contribution in [0.4, 0.5) is 5.69 Å². The third-order valence-corrected chi connectivity index (χ3v) is 9.38. The number of nitrogens with two attached hydrogens (primary N) is 1. The second kappa shape index (κ2) is 10.1. The van der Waals surface area contributed by atoms with Gasteiger partial charge in [0.05, 0.1) is 17.3 Å². The second-order valence-corrected chi connectivity index (χ2v) is 12.0. The van der Waals surface area contributed by atoms with Crippen LogP contribution in [0.15, 0.2) is 64.1 Å². The quantitative estimate of drug-likeness (QED) is 0.337. The van der Waals surface area contributed by atoms with Gasteiger partial charge in [-0.05, 0) is 74.2 Å². The maximum absolute atomic E-state index is 14.0. The Hall–Kier alpha value is -4.48. The van der Waals surface area contributed by atoms with Gasteiger partial charge in [-0.2, -0.15) is 0 Å². The van der Waals surface area contributed by atoms with Gasteiger partial charge in [0.25, 0.3) is 5.91 Å². The van der Waals surface area contributed by atoms with Crippen molar-refractivity contribution in [1.82, 2.24) is 9.80 Å². The fourth-order valence-electron chi connectivity index (χ4n) is 7.32. The molecule has 0 bridgehead atoms. The molecule has 6 rings (SSSR count). The molecule has 2 aromatic carbocycles. The van der Waals surface area contributed by atoms with E-state index in [0.717, 1.165) is 42.0 Å². The monoisotopic (exact) mass is 586 g/mol. The Morgan fingerprint density at radius 2 is 1.79 bits per heavy atom. The lowest BCUT2D eigenvalue weighted by molar-refractivity contribution is -0.148. The van der Waals surface area contributed by atoms with Crippen molar-refractivity contribution >= 4 is 29.0 Å². The molecule has 6 N–H and O–H groups in total. The number of allylic oxidation sites excluding steroid dienone is 1. The summed E-state index contributed by atoms with van der Waals surface area (Å²) in [6.45, 7) is 0.974. The molecule has 0 spiro atoms. The minimum atomic E-state index is -2.66. The molecule has 2 aromatic rings. The smallest absolute Gasteiger partial charge is 0.255 e. The summed E-state index contributed by atoms with van der Waals surface area (Å²) >= 11 is 0. The average Bonchev–Trinajstić information content (AvgIpc) is 3.35. The zero-order valence-corrected chi connectivity index (χ0v) is 24.2. The number of hydrogen-bond donors (Lipinski definition) is 5. The van der Waals surface area contributed by atoms with Gasteiger partial charge in [0, 0.05) is 31.5 Å². The van der Waals surface area contributed by atoms with Gasteiger partial charge >= 0.3 is 0 Å². The largest absolute Gasteiger partial charge is 0.510 e. The number of Topliss-reactive ketones (excluding diaryl/α,β-unsaturated/α-hetero) is 2. The van der Waals surface area contributed by atoms with Crippen molar-refractivity contribution < 1.29 is 34.8 Å². The number of primary amides is 1. The van der Waals surface area contributed by atoms with Gasteiger partial charge in [-0.15, -0.1) is 0 Å². The van der Waals surface area contributed by atoms with Crippen molar-refractivity contribution in [2.45, 2.75) is 37.3 Å². The molecule has 1 amide bonds. The number of aliphatic hydroxyl groups excluding tert-OH is 2. The summed E-state index contributed by atoms with van der Waals surface area (Å²) in [5.41, 5.74) is 4.61. The summed E-state index contributed by atoms with van der Waals surface area (Å²) < 4.78 is 0. The number of phenolic OH excluding ortho intramolecular Hbond substituents is 1. The van der Waals surface area contributed by atoms with Crippen molar-refractivity contribution in [3.63, 3.8) is 0 Å². The number of fused-ring (bicyclic) bond motifs is 3. The molecule has 1 saturated heterocycles. The summed E-state index contributed by atoms with van der Waals surface area (Å²) in [5, 5.41) is 45.0. The molecule has 1 fully saturated rings. The normalized spacial score (nSPS) is 28.0. The highest BCUT2D eigenvalue weighted by atomic mass is 16.3. The topological polar surface area (TPSA) is 177 Å². The van der Waals surface area contributed by atoms with Crippen LogP contribution in [-0.4, -0.2) is 92.9 Å². The van der Waals surface area contributed by atoms with Crippen LogP contribution in [-0.2, 0) is 16.0 Å². The van der Waals surface area contributed by atoms with Crippen molar-refractivity contribution in [2.75, 3.05) is 27.7 Å². The molecule has 0 aromatic heterocycles. The fraction of sp³-hybridized carbons (Fsp3) is 0.375. The van der Waals surface area contributed by atoms with Crippen LogP contribution in [0.25, 0.3) is 11.1 Å². The Balaban J connectivity index is 1.45. The number of amides is 1. The van der Waals surface area contributed by atoms with Gasteiger partial charge in [0.1, 0.15) is 28.7 Å². The van der Waals surface area contributed by atoms with Gasteiger partial charge in [-0.3, -0.25) is 19.3 Å². The highest BCUT2D eigenvalue weighted by Crippen LogP contribution is 2.53. The molecule has 43 heavy (non-hydrogen) atoms. The molecule has 4 atom stereocenters. The van der Waals surface area contributed by atoms with Crippen LogP contribution in [0.3, 0.4) is 0 Å². The molecular formula is C32H34N4O7. The summed E-state index contributed by atoms with van der Waals surface area (Å²) in [5.74, 6) is -5.68. The van der Waals surface area contributed by atoms with Crippen molar-refractivity contribution in [3.8, 4) is 16.9 Å². The van der Waals surface area contributed by atoms with Crippen LogP contribution in [0.2, 0.25) is 0 Å². The summed E-state index contributed by atoms with van der Waals surface area (Å²) in [7, 11) is 5.22. The van der Waals surface area contributed by atoms with Gasteiger partial charge in [0.15, 0.2) is 11.4 Å². The standard InChI is InChI=1S/C32H34N4O7/c1-35(2)26-20-14-16-13-19-18(15-6-8-17(9-7-15)34-22-5-4-12-36(22)3)10-11-21(37)24(19)27(38)23(16)29(40)32(20,43)30(41)25(28(26)39)31(33)42/h6-11,16,20,26,37,39-40,43H,4-5,12-14H2,1-3H3,(H2,33,42)/t16-,20+,26+,32-/m0/s1. The molecule has 0 saturated carbocycles. The van der Waals surface area contributed by atoms with Crippen molar-refractivity contribution in [1.29, 1.82) is 0 Å². The predicted octanol–water partition coefficient (Wildman–Crippen LogP) is 2.54. The third kappa shape index (κ3) is 4.17. The van der Waals surface area contributed by atoms with E-state index in [4.69, 9.17) is 10.7 Å². The van der Waals surface area contributed by atoms with Crippen molar-refractivity contribution in [2.24, 2.45) is 22.6 Å². The van der Waals surface area contributed by atoms with Gasteiger partial charge in [0.2, 0.25) is 5.78 Å². The van der Waals surface area contributed by atoms with E-state index >= 15 is 0 Å². The number of phenols is 1. The van der Waals surface area contributed by atoms with E-state index in [1.165, 1.54) is 11.0 Å². The molecule has 1 heterocycles. The first kappa shape index (κ1) is 28.6. The lowest BCUT2D eigenvalue weighted by atomic mass is 9.58. The number of carbonyl (C=O) groups excluding carboxylic acids is 3. The Morgan fingerprint density at radius 3 is 2.40 bits per heavy atom. The highest BCUT2D eigenvalue weighted by Gasteiger charge is 2.63. The lowest BCUT2D eigenvalue weighted by Gasteiger charge is -2.50. The molecule has 0 radical (unpaired) electrons. The number of rotatable bonds is 4. The predicted molar refractivity (Wildman–Crippen MR) is 158 cm³/mol. The first-order valence-corrected chi connectivity index (χ1v) is 14.2. The van der Waals surface area contributed by atoms with Crippen LogP contribution in [0.5, 0.6) is 5.75 Å². The second-order valence-electron chi connectivity index (χ2n) is 12.0. The number of aliphatic hydroxyl groups is 3. The van der Waals surface area contributed by atoms with E-state index in [0.29, 0.717) is 5.56 Å². The number of hydrogen-bond acceptors (Lipinski definition) is 9. The van der Waals surface area contributed by atoms with Gasteiger partial charge < -0.3 is 31.1 Å². The number of nitrogens with zero attached hydrogens (tertiary/aromatic N) is 3. The van der Waals surface area contributed by atoms with E-state index in [2.05, 4.69) is 4.90 Å². The summed E-state index contributed by atoms with van der Waals surface area (Å²) in [4.78, 5) is 48.0. The zero-order valence-electron chi connectivity index (χ0n) is 24.2.